The van der Waals surface area contributed by atoms with Crippen molar-refractivity contribution in [2.24, 2.45) is 0 Å². The van der Waals surface area contributed by atoms with Crippen molar-refractivity contribution in [3.8, 4) is 0 Å². The maximum Gasteiger partial charge on any atom is 0.305 e. The largest absolute Gasteiger partial charge is 0.466 e. The minimum atomic E-state index is -0.250. The second kappa shape index (κ2) is 6.74. The zero-order valence-corrected chi connectivity index (χ0v) is 11.8. The van der Waals surface area contributed by atoms with Crippen molar-refractivity contribution in [2.75, 3.05) is 24.2 Å². The van der Waals surface area contributed by atoms with E-state index in [1.165, 1.54) is 0 Å². The van der Waals surface area contributed by atoms with E-state index in [2.05, 4.69) is 15.3 Å². The number of carbonyl (C=O) groups is 1. The molecule has 0 amide bonds. The van der Waals surface area contributed by atoms with E-state index in [4.69, 9.17) is 10.5 Å². The number of ether oxygens (including phenoxy) is 1. The average molecular weight is 290 g/mol. The van der Waals surface area contributed by atoms with Crippen LogP contribution >= 0.6 is 0 Å². The lowest BCUT2D eigenvalue weighted by Gasteiger charge is -2.06. The lowest BCUT2D eigenvalue weighted by molar-refractivity contribution is -0.143. The number of aromatic nitrogens is 2. The Morgan fingerprint density at radius 1 is 1.48 bits per heavy atom. The van der Waals surface area contributed by atoms with Gasteiger partial charge in [0.15, 0.2) is 0 Å². The Morgan fingerprint density at radius 3 is 3.05 bits per heavy atom. The summed E-state index contributed by atoms with van der Waals surface area (Å²) in [4.78, 5) is 30.0. The van der Waals surface area contributed by atoms with Crippen LogP contribution in [0.2, 0.25) is 0 Å². The van der Waals surface area contributed by atoms with Crippen LogP contribution in [0.5, 0.6) is 0 Å². The van der Waals surface area contributed by atoms with Crippen LogP contribution in [0, 0.1) is 0 Å². The van der Waals surface area contributed by atoms with E-state index in [0.717, 1.165) is 0 Å². The van der Waals surface area contributed by atoms with Crippen LogP contribution in [0.15, 0.2) is 23.0 Å². The van der Waals surface area contributed by atoms with Crippen LogP contribution in [0.25, 0.3) is 10.9 Å². The van der Waals surface area contributed by atoms with E-state index in [1.807, 2.05) is 0 Å². The molecular weight excluding hydrogens is 272 g/mol. The fourth-order valence-electron chi connectivity index (χ4n) is 1.91. The number of nitrogens with zero attached hydrogens (tertiary/aromatic N) is 1. The lowest BCUT2D eigenvalue weighted by atomic mass is 10.2. The van der Waals surface area contributed by atoms with Gasteiger partial charge in [-0.05, 0) is 31.5 Å². The summed E-state index contributed by atoms with van der Waals surface area (Å²) in [7, 11) is 0. The molecule has 0 radical (unpaired) electrons. The summed E-state index contributed by atoms with van der Waals surface area (Å²) in [6.45, 7) is 2.67. The highest BCUT2D eigenvalue weighted by Crippen LogP contribution is 2.12. The molecule has 0 aliphatic rings. The van der Waals surface area contributed by atoms with Gasteiger partial charge in [0.25, 0.3) is 5.56 Å². The van der Waals surface area contributed by atoms with Crippen molar-refractivity contribution in [1.29, 1.82) is 0 Å². The van der Waals surface area contributed by atoms with Gasteiger partial charge < -0.3 is 15.8 Å². The molecule has 4 N–H and O–H groups in total. The van der Waals surface area contributed by atoms with Crippen LogP contribution in [0.4, 0.5) is 11.6 Å². The fraction of sp³-hybridized carbons (Fsp3) is 0.357. The van der Waals surface area contributed by atoms with Crippen molar-refractivity contribution in [3.05, 3.63) is 28.6 Å². The Morgan fingerprint density at radius 2 is 2.29 bits per heavy atom. The first-order valence-electron chi connectivity index (χ1n) is 6.79. The summed E-state index contributed by atoms with van der Waals surface area (Å²) >= 11 is 0. The normalized spacial score (nSPS) is 10.5. The molecule has 1 heterocycles. The maximum absolute atomic E-state index is 11.9. The lowest BCUT2D eigenvalue weighted by Crippen LogP contribution is -2.15. The van der Waals surface area contributed by atoms with Gasteiger partial charge in [-0.2, -0.15) is 0 Å². The van der Waals surface area contributed by atoms with Gasteiger partial charge in [-0.1, -0.05) is 0 Å². The van der Waals surface area contributed by atoms with Crippen LogP contribution in [-0.4, -0.2) is 29.1 Å². The van der Waals surface area contributed by atoms with Crippen LogP contribution in [0.1, 0.15) is 19.8 Å². The molecular formula is C14H18N4O3. The van der Waals surface area contributed by atoms with Crippen molar-refractivity contribution in [1.82, 2.24) is 9.97 Å². The van der Waals surface area contributed by atoms with E-state index < -0.39 is 0 Å². The van der Waals surface area contributed by atoms with Gasteiger partial charge in [0, 0.05) is 18.7 Å². The molecule has 1 aromatic heterocycles. The number of anilines is 2. The first-order valence-corrected chi connectivity index (χ1v) is 6.79. The molecule has 0 aliphatic carbocycles. The number of aromatic amines is 1. The molecule has 0 bridgehead atoms. The Labute approximate surface area is 121 Å². The Kier molecular flexibility index (Phi) is 4.76. The molecule has 112 valence electrons. The van der Waals surface area contributed by atoms with Gasteiger partial charge in [0.1, 0.15) is 0 Å². The van der Waals surface area contributed by atoms with Gasteiger partial charge in [-0.25, -0.2) is 4.98 Å². The third-order valence-electron chi connectivity index (χ3n) is 2.88. The second-order valence-electron chi connectivity index (χ2n) is 4.53. The number of H-pyrrole nitrogens is 1. The number of nitrogen functional groups attached to an aromatic ring is 1. The predicted octanol–water partition coefficient (Wildman–Crippen LogP) is 1.26. The van der Waals surface area contributed by atoms with Crippen molar-refractivity contribution in [2.45, 2.75) is 19.8 Å². The summed E-state index contributed by atoms with van der Waals surface area (Å²) in [5, 5.41) is 3.44. The Balaban J connectivity index is 1.98. The van der Waals surface area contributed by atoms with E-state index in [9.17, 15) is 9.59 Å². The van der Waals surface area contributed by atoms with Crippen molar-refractivity contribution < 1.29 is 9.53 Å². The number of carbonyl (C=O) groups excluding carboxylic acids is 1. The summed E-state index contributed by atoms with van der Waals surface area (Å²) in [6, 6.07) is 4.98. The highest BCUT2D eigenvalue weighted by molar-refractivity contribution is 5.81. The molecule has 0 aliphatic heterocycles. The molecule has 1 aromatic carbocycles. The number of hydrogen-bond acceptors (Lipinski definition) is 6. The monoisotopic (exact) mass is 290 g/mol. The number of hydrogen-bond donors (Lipinski definition) is 3. The van der Waals surface area contributed by atoms with Gasteiger partial charge >= 0.3 is 5.97 Å². The first kappa shape index (κ1) is 14.8. The van der Waals surface area contributed by atoms with Gasteiger partial charge in [0.2, 0.25) is 5.95 Å². The Bertz CT molecular complexity index is 696. The molecule has 0 unspecified atom stereocenters. The fourth-order valence-corrected chi connectivity index (χ4v) is 1.91. The number of rotatable bonds is 6. The molecule has 2 aromatic rings. The average Bonchev–Trinajstić information content (AvgIpc) is 2.45. The molecule has 0 saturated carbocycles. The third kappa shape index (κ3) is 3.95. The number of nitrogens with two attached hydrogens (primary N) is 1. The standard InChI is InChI=1S/C14H18N4O3/c1-2-21-12(19)4-3-7-16-14-17-11-6-5-9(15)8-10(11)13(20)18-14/h5-6,8H,2-4,7,15H2,1H3,(H2,16,17,18,20). The molecule has 7 nitrogen and oxygen atoms in total. The maximum atomic E-state index is 11.9. The van der Waals surface area contributed by atoms with Crippen LogP contribution in [-0.2, 0) is 9.53 Å². The molecule has 21 heavy (non-hydrogen) atoms. The molecule has 2 rings (SSSR count). The van der Waals surface area contributed by atoms with Crippen molar-refractivity contribution in [3.63, 3.8) is 0 Å². The van der Waals surface area contributed by atoms with Gasteiger partial charge in [-0.3, -0.25) is 14.6 Å². The van der Waals surface area contributed by atoms with Gasteiger partial charge in [0.05, 0.1) is 17.5 Å². The van der Waals surface area contributed by atoms with Gasteiger partial charge in [-0.15, -0.1) is 0 Å². The zero-order chi connectivity index (χ0) is 15.2. The quantitative estimate of drug-likeness (QED) is 0.420. The third-order valence-corrected chi connectivity index (χ3v) is 2.88. The van der Waals surface area contributed by atoms with Crippen LogP contribution in [0.3, 0.4) is 0 Å². The molecule has 0 saturated heterocycles. The highest BCUT2D eigenvalue weighted by atomic mass is 16.5. The van der Waals surface area contributed by atoms with Crippen LogP contribution < -0.4 is 16.6 Å². The highest BCUT2D eigenvalue weighted by Gasteiger charge is 2.05. The predicted molar refractivity (Wildman–Crippen MR) is 81.1 cm³/mol. The van der Waals surface area contributed by atoms with E-state index in [1.54, 1.807) is 25.1 Å². The second-order valence-corrected chi connectivity index (χ2v) is 4.53. The van der Waals surface area contributed by atoms with Crippen molar-refractivity contribution >= 4 is 28.5 Å². The molecule has 0 fully saturated rings. The smallest absolute Gasteiger partial charge is 0.305 e. The summed E-state index contributed by atoms with van der Waals surface area (Å²) in [5.74, 6) is 0.149. The number of esters is 1. The number of fused-ring (bicyclic) bond motifs is 1. The molecule has 0 atom stereocenters. The summed E-state index contributed by atoms with van der Waals surface area (Å²) < 4.78 is 4.83. The number of benzene rings is 1. The van der Waals surface area contributed by atoms with E-state index in [0.29, 0.717) is 48.5 Å². The first-order chi connectivity index (χ1) is 10.1. The van der Waals surface area contributed by atoms with E-state index in [-0.39, 0.29) is 11.5 Å². The summed E-state index contributed by atoms with van der Waals surface area (Å²) in [5.41, 5.74) is 6.48. The molecule has 7 heteroatoms. The zero-order valence-electron chi connectivity index (χ0n) is 11.8. The van der Waals surface area contributed by atoms with E-state index >= 15 is 0 Å². The minimum absolute atomic E-state index is 0.227. The number of nitrogens with one attached hydrogen (secondary N) is 2. The Hall–Kier alpha value is -2.57. The topological polar surface area (TPSA) is 110 Å². The minimum Gasteiger partial charge on any atom is -0.466 e. The molecule has 0 spiro atoms. The summed E-state index contributed by atoms with van der Waals surface area (Å²) in [6.07, 6.45) is 0.928. The SMILES string of the molecule is CCOC(=O)CCCNc1nc2ccc(N)cc2c(=O)[nH]1.